The SMILES string of the molecule is CCN(Cc1ccccc1)C(=O)c1cncc(C(=O)Nc2ccccc2F)c1. The second-order valence-electron chi connectivity index (χ2n) is 6.20. The van der Waals surface area contributed by atoms with E-state index in [9.17, 15) is 14.0 Å². The van der Waals surface area contributed by atoms with E-state index in [1.165, 1.54) is 36.7 Å². The first-order valence-corrected chi connectivity index (χ1v) is 8.92. The summed E-state index contributed by atoms with van der Waals surface area (Å²) in [5.74, 6) is -1.28. The van der Waals surface area contributed by atoms with Crippen LogP contribution in [0.5, 0.6) is 0 Å². The fraction of sp³-hybridized carbons (Fsp3) is 0.136. The molecule has 1 N–H and O–H groups in total. The quantitative estimate of drug-likeness (QED) is 0.702. The lowest BCUT2D eigenvalue weighted by atomic mass is 10.1. The maximum atomic E-state index is 13.7. The molecule has 0 unspecified atom stereocenters. The Bertz CT molecular complexity index is 976. The van der Waals surface area contributed by atoms with Crippen molar-refractivity contribution >= 4 is 17.5 Å². The molecule has 0 atom stereocenters. The number of aromatic nitrogens is 1. The molecule has 5 nitrogen and oxygen atoms in total. The normalized spacial score (nSPS) is 10.4. The first-order chi connectivity index (χ1) is 13.6. The Morgan fingerprint density at radius 3 is 2.39 bits per heavy atom. The van der Waals surface area contributed by atoms with E-state index >= 15 is 0 Å². The van der Waals surface area contributed by atoms with Crippen LogP contribution in [-0.2, 0) is 6.54 Å². The topological polar surface area (TPSA) is 62.3 Å². The summed E-state index contributed by atoms with van der Waals surface area (Å²) in [4.78, 5) is 31.0. The van der Waals surface area contributed by atoms with E-state index in [0.717, 1.165) is 5.56 Å². The molecule has 28 heavy (non-hydrogen) atoms. The van der Waals surface area contributed by atoms with Gasteiger partial charge in [-0.25, -0.2) is 4.39 Å². The van der Waals surface area contributed by atoms with Crippen LogP contribution in [0.25, 0.3) is 0 Å². The lowest BCUT2D eigenvalue weighted by molar-refractivity contribution is 0.0752. The van der Waals surface area contributed by atoms with Crippen LogP contribution >= 0.6 is 0 Å². The number of halogens is 1. The number of benzene rings is 2. The number of carbonyl (C=O) groups is 2. The number of amides is 2. The number of para-hydroxylation sites is 1. The van der Waals surface area contributed by atoms with Crippen molar-refractivity contribution in [2.45, 2.75) is 13.5 Å². The Morgan fingerprint density at radius 1 is 1.00 bits per heavy atom. The molecule has 0 aliphatic carbocycles. The van der Waals surface area contributed by atoms with Gasteiger partial charge >= 0.3 is 0 Å². The summed E-state index contributed by atoms with van der Waals surface area (Å²) in [7, 11) is 0. The zero-order valence-corrected chi connectivity index (χ0v) is 15.4. The second-order valence-corrected chi connectivity index (χ2v) is 6.20. The third-order valence-corrected chi connectivity index (χ3v) is 4.25. The molecule has 142 valence electrons. The molecule has 3 aromatic rings. The van der Waals surface area contributed by atoms with E-state index in [1.807, 2.05) is 37.3 Å². The molecule has 0 bridgehead atoms. The first-order valence-electron chi connectivity index (χ1n) is 8.92. The molecule has 2 aromatic carbocycles. The van der Waals surface area contributed by atoms with Crippen LogP contribution in [-0.4, -0.2) is 28.2 Å². The number of nitrogens with zero attached hydrogens (tertiary/aromatic N) is 2. The first kappa shape index (κ1) is 19.2. The smallest absolute Gasteiger partial charge is 0.257 e. The number of hydrogen-bond donors (Lipinski definition) is 1. The number of nitrogens with one attached hydrogen (secondary N) is 1. The third kappa shape index (κ3) is 4.59. The van der Waals surface area contributed by atoms with Gasteiger partial charge in [-0.05, 0) is 30.7 Å². The maximum absolute atomic E-state index is 13.7. The minimum atomic E-state index is -0.531. The molecule has 1 aromatic heterocycles. The summed E-state index contributed by atoms with van der Waals surface area (Å²) in [5, 5.41) is 2.50. The van der Waals surface area contributed by atoms with Crippen LogP contribution in [0.3, 0.4) is 0 Å². The van der Waals surface area contributed by atoms with Crippen LogP contribution in [0.1, 0.15) is 33.2 Å². The number of carbonyl (C=O) groups excluding carboxylic acids is 2. The summed E-state index contributed by atoms with van der Waals surface area (Å²) in [6.45, 7) is 2.87. The summed E-state index contributed by atoms with van der Waals surface area (Å²) in [6, 6.07) is 17.0. The summed E-state index contributed by atoms with van der Waals surface area (Å²) in [5.41, 5.74) is 1.58. The van der Waals surface area contributed by atoms with Crippen molar-refractivity contribution in [1.29, 1.82) is 0 Å². The molecule has 3 rings (SSSR count). The van der Waals surface area contributed by atoms with Gasteiger partial charge in [-0.3, -0.25) is 14.6 Å². The lowest BCUT2D eigenvalue weighted by Crippen LogP contribution is -2.30. The minimum Gasteiger partial charge on any atom is -0.335 e. The monoisotopic (exact) mass is 377 g/mol. The molecule has 0 spiro atoms. The van der Waals surface area contributed by atoms with Gasteiger partial charge in [-0.2, -0.15) is 0 Å². The predicted molar refractivity (Wildman–Crippen MR) is 105 cm³/mol. The van der Waals surface area contributed by atoms with Crippen LogP contribution in [0.4, 0.5) is 10.1 Å². The number of anilines is 1. The molecule has 2 amide bonds. The van der Waals surface area contributed by atoms with Crippen molar-refractivity contribution < 1.29 is 14.0 Å². The zero-order chi connectivity index (χ0) is 19.9. The Hall–Kier alpha value is -3.54. The highest BCUT2D eigenvalue weighted by atomic mass is 19.1. The Labute approximate surface area is 162 Å². The van der Waals surface area contributed by atoms with Gasteiger partial charge in [-0.15, -0.1) is 0 Å². The van der Waals surface area contributed by atoms with E-state index in [2.05, 4.69) is 10.3 Å². The van der Waals surface area contributed by atoms with Gasteiger partial charge in [0.05, 0.1) is 16.8 Å². The summed E-state index contributed by atoms with van der Waals surface area (Å²) < 4.78 is 13.7. The summed E-state index contributed by atoms with van der Waals surface area (Å²) in [6.07, 6.45) is 2.77. The number of pyridine rings is 1. The number of rotatable bonds is 6. The van der Waals surface area contributed by atoms with Crippen molar-refractivity contribution in [2.24, 2.45) is 0 Å². The highest BCUT2D eigenvalue weighted by molar-refractivity contribution is 6.05. The van der Waals surface area contributed by atoms with E-state index in [0.29, 0.717) is 18.7 Å². The van der Waals surface area contributed by atoms with E-state index < -0.39 is 11.7 Å². The molecule has 0 aliphatic rings. The summed E-state index contributed by atoms with van der Waals surface area (Å²) >= 11 is 0. The molecule has 0 radical (unpaired) electrons. The number of hydrogen-bond acceptors (Lipinski definition) is 3. The van der Waals surface area contributed by atoms with Crippen LogP contribution in [0.15, 0.2) is 73.1 Å². The van der Waals surface area contributed by atoms with E-state index in [4.69, 9.17) is 0 Å². The Kier molecular flexibility index (Phi) is 6.11. The highest BCUT2D eigenvalue weighted by Gasteiger charge is 2.17. The molecule has 1 heterocycles. The molecule has 0 aliphatic heterocycles. The standard InChI is InChI=1S/C22H20FN3O2/c1-2-26(15-16-8-4-3-5-9-16)22(28)18-12-17(13-24-14-18)21(27)25-20-11-7-6-10-19(20)23/h3-14H,2,15H2,1H3,(H,25,27). The Balaban J connectivity index is 1.77. The van der Waals surface area contributed by atoms with Gasteiger partial charge in [0.2, 0.25) is 0 Å². The Morgan fingerprint density at radius 2 is 1.68 bits per heavy atom. The van der Waals surface area contributed by atoms with Crippen LogP contribution < -0.4 is 5.32 Å². The van der Waals surface area contributed by atoms with Gasteiger partial charge < -0.3 is 10.2 Å². The van der Waals surface area contributed by atoms with Gasteiger partial charge in [0.25, 0.3) is 11.8 Å². The van der Waals surface area contributed by atoms with Crippen LogP contribution in [0, 0.1) is 5.82 Å². The van der Waals surface area contributed by atoms with Crippen molar-refractivity contribution in [2.75, 3.05) is 11.9 Å². The average Bonchev–Trinajstić information content (AvgIpc) is 2.74. The largest absolute Gasteiger partial charge is 0.335 e. The van der Waals surface area contributed by atoms with Gasteiger partial charge in [-0.1, -0.05) is 42.5 Å². The average molecular weight is 377 g/mol. The molecular formula is C22H20FN3O2. The van der Waals surface area contributed by atoms with Gasteiger partial charge in [0.15, 0.2) is 0 Å². The fourth-order valence-corrected chi connectivity index (χ4v) is 2.75. The van der Waals surface area contributed by atoms with Gasteiger partial charge in [0.1, 0.15) is 5.82 Å². The zero-order valence-electron chi connectivity index (χ0n) is 15.4. The molecule has 0 fully saturated rings. The van der Waals surface area contributed by atoms with Crippen molar-refractivity contribution in [3.05, 3.63) is 95.6 Å². The molecule has 6 heteroatoms. The van der Waals surface area contributed by atoms with Crippen molar-refractivity contribution in [1.82, 2.24) is 9.88 Å². The van der Waals surface area contributed by atoms with Crippen LogP contribution in [0.2, 0.25) is 0 Å². The maximum Gasteiger partial charge on any atom is 0.257 e. The molecule has 0 saturated carbocycles. The lowest BCUT2D eigenvalue weighted by Gasteiger charge is -2.21. The minimum absolute atomic E-state index is 0.0727. The fourth-order valence-electron chi connectivity index (χ4n) is 2.75. The molecular weight excluding hydrogens is 357 g/mol. The van der Waals surface area contributed by atoms with E-state index in [1.54, 1.807) is 11.0 Å². The van der Waals surface area contributed by atoms with Crippen molar-refractivity contribution in [3.63, 3.8) is 0 Å². The molecule has 0 saturated heterocycles. The van der Waals surface area contributed by atoms with E-state index in [-0.39, 0.29) is 17.2 Å². The second kappa shape index (κ2) is 8.90. The third-order valence-electron chi connectivity index (χ3n) is 4.25. The van der Waals surface area contributed by atoms with Crippen molar-refractivity contribution in [3.8, 4) is 0 Å². The highest BCUT2D eigenvalue weighted by Crippen LogP contribution is 2.15. The predicted octanol–water partition coefficient (Wildman–Crippen LogP) is 4.14. The van der Waals surface area contributed by atoms with Gasteiger partial charge in [0, 0.05) is 25.5 Å².